The smallest absolute Gasteiger partial charge is 0.153 e. The molecule has 4 heterocycles. The van der Waals surface area contributed by atoms with Gasteiger partial charge in [0.1, 0.15) is 17.1 Å². The summed E-state index contributed by atoms with van der Waals surface area (Å²) >= 11 is 0. The van der Waals surface area contributed by atoms with E-state index in [1.165, 1.54) is 31.9 Å². The van der Waals surface area contributed by atoms with Crippen LogP contribution >= 0.6 is 0 Å². The van der Waals surface area contributed by atoms with Crippen LogP contribution in [0.4, 0.5) is 5.69 Å². The first kappa shape index (κ1) is 26.5. The van der Waals surface area contributed by atoms with Gasteiger partial charge in [0.2, 0.25) is 0 Å². The molecule has 3 fully saturated rings. The lowest BCUT2D eigenvalue weighted by Gasteiger charge is -2.56. The second-order valence-corrected chi connectivity index (χ2v) is 11.5. The number of nitrogens with one attached hydrogen (secondary N) is 3. The van der Waals surface area contributed by atoms with Crippen LogP contribution in [-0.2, 0) is 0 Å². The Labute approximate surface area is 235 Å². The molecule has 3 N–H and O–H groups in total. The Morgan fingerprint density at radius 3 is 2.67 bits per heavy atom. The molecule has 2 aromatic heterocycles. The van der Waals surface area contributed by atoms with Gasteiger partial charge in [0.25, 0.3) is 0 Å². The third-order valence-electron chi connectivity index (χ3n) is 9.10. The summed E-state index contributed by atoms with van der Waals surface area (Å²) in [7, 11) is 1.89. The van der Waals surface area contributed by atoms with Crippen molar-refractivity contribution in [3.63, 3.8) is 0 Å². The minimum atomic E-state index is 0.473. The van der Waals surface area contributed by atoms with Gasteiger partial charge in [-0.1, -0.05) is 0 Å². The predicted octanol–water partition coefficient (Wildman–Crippen LogP) is 4.29. The van der Waals surface area contributed by atoms with Crippen LogP contribution in [0.3, 0.4) is 0 Å². The number of H-pyrrole nitrogens is 1. The number of piperazine rings is 1. The second kappa shape index (κ2) is 11.4. The maximum Gasteiger partial charge on any atom is 0.153 e. The van der Waals surface area contributed by atoms with Crippen LogP contribution in [0.25, 0.3) is 11.0 Å². The van der Waals surface area contributed by atoms with Crippen molar-refractivity contribution in [2.45, 2.75) is 31.7 Å². The second-order valence-electron chi connectivity index (χ2n) is 11.5. The number of aldehydes is 1. The van der Waals surface area contributed by atoms with Crippen molar-refractivity contribution >= 4 is 29.2 Å². The number of hydrogen-bond donors (Lipinski definition) is 3. The number of benzene rings is 1. The van der Waals surface area contributed by atoms with Gasteiger partial charge in [-0.2, -0.15) is 0 Å². The summed E-state index contributed by atoms with van der Waals surface area (Å²) < 4.78 is 6.15. The highest BCUT2D eigenvalue weighted by molar-refractivity contribution is 5.81. The van der Waals surface area contributed by atoms with Crippen molar-refractivity contribution in [1.82, 2.24) is 25.1 Å². The number of anilines is 1. The molecule has 0 radical (unpaired) electrons. The van der Waals surface area contributed by atoms with Crippen LogP contribution in [0.15, 0.2) is 54.5 Å². The maximum absolute atomic E-state index is 11.7. The number of pyridine rings is 1. The summed E-state index contributed by atoms with van der Waals surface area (Å²) in [6.45, 7) is 7.29. The Kier molecular flexibility index (Phi) is 7.58. The van der Waals surface area contributed by atoms with E-state index in [4.69, 9.17) is 10.1 Å². The average Bonchev–Trinajstić information content (AvgIpc) is 3.44. The maximum atomic E-state index is 11.7. The van der Waals surface area contributed by atoms with Crippen LogP contribution in [0.1, 0.15) is 36.0 Å². The zero-order valence-electron chi connectivity index (χ0n) is 23.2. The first-order valence-electron chi connectivity index (χ1n) is 14.4. The molecule has 0 unspecified atom stereocenters. The van der Waals surface area contributed by atoms with Crippen molar-refractivity contribution in [2.24, 2.45) is 5.41 Å². The van der Waals surface area contributed by atoms with Crippen LogP contribution in [0, 0.1) is 10.8 Å². The normalized spacial score (nSPS) is 20.4. The van der Waals surface area contributed by atoms with E-state index in [2.05, 4.69) is 30.0 Å². The van der Waals surface area contributed by atoms with Gasteiger partial charge in [-0.05, 0) is 60.9 Å². The number of rotatable bonds is 9. The van der Waals surface area contributed by atoms with E-state index < -0.39 is 0 Å². The van der Waals surface area contributed by atoms with Crippen molar-refractivity contribution in [1.29, 1.82) is 5.41 Å². The summed E-state index contributed by atoms with van der Waals surface area (Å²) in [4.78, 5) is 26.8. The summed E-state index contributed by atoms with van der Waals surface area (Å²) in [5, 5.41) is 11.6. The Bertz CT molecular complexity index is 1380. The van der Waals surface area contributed by atoms with E-state index in [0.29, 0.717) is 28.5 Å². The number of carbonyl (C=O) groups excluding carboxylic acids is 1. The van der Waals surface area contributed by atoms with Crippen LogP contribution < -0.4 is 15.0 Å². The SMILES string of the molecule is CN/C=C(\C=N)CN1CCN(C2CC3(CCN(c4ccc(C=O)c(Oc5cnc6[nH]ccc6c5)c4)CC3)C2)CC1. The Morgan fingerprint density at radius 2 is 1.95 bits per heavy atom. The number of ether oxygens (including phenoxy) is 1. The van der Waals surface area contributed by atoms with Gasteiger partial charge in [-0.25, -0.2) is 4.98 Å². The van der Waals surface area contributed by atoms with E-state index in [0.717, 1.165) is 74.4 Å². The molecule has 9 heteroatoms. The van der Waals surface area contributed by atoms with Crippen molar-refractivity contribution < 1.29 is 9.53 Å². The first-order chi connectivity index (χ1) is 19.6. The third kappa shape index (κ3) is 5.48. The van der Waals surface area contributed by atoms with Gasteiger partial charge in [0.05, 0.1) is 11.8 Å². The summed E-state index contributed by atoms with van der Waals surface area (Å²) in [5.41, 5.74) is 3.96. The predicted molar refractivity (Wildman–Crippen MR) is 159 cm³/mol. The number of hydrogen-bond acceptors (Lipinski definition) is 8. The molecule has 1 aromatic carbocycles. The fraction of sp³-hybridized carbons (Fsp3) is 0.452. The molecule has 1 aliphatic carbocycles. The van der Waals surface area contributed by atoms with E-state index >= 15 is 0 Å². The third-order valence-corrected chi connectivity index (χ3v) is 9.10. The number of piperidine rings is 1. The zero-order valence-corrected chi connectivity index (χ0v) is 23.2. The van der Waals surface area contributed by atoms with Gasteiger partial charge in [-0.15, -0.1) is 0 Å². The molecule has 0 atom stereocenters. The Balaban J connectivity index is 1.02. The summed E-state index contributed by atoms with van der Waals surface area (Å²) in [6.07, 6.45) is 12.8. The molecule has 1 saturated carbocycles. The van der Waals surface area contributed by atoms with Crippen molar-refractivity contribution in [2.75, 3.05) is 57.8 Å². The minimum absolute atomic E-state index is 0.473. The number of fused-ring (bicyclic) bond motifs is 1. The molecule has 0 bridgehead atoms. The molecule has 3 aliphatic rings. The topological polar surface area (TPSA) is 101 Å². The molecular weight excluding hydrogens is 502 g/mol. The van der Waals surface area contributed by atoms with Gasteiger partial charge < -0.3 is 25.3 Å². The van der Waals surface area contributed by atoms with Gasteiger partial charge >= 0.3 is 0 Å². The van der Waals surface area contributed by atoms with Crippen LogP contribution in [0.2, 0.25) is 0 Å². The lowest BCUT2D eigenvalue weighted by Crippen LogP contribution is -2.59. The number of aromatic nitrogens is 2. The molecule has 1 spiro atoms. The lowest BCUT2D eigenvalue weighted by atomic mass is 9.60. The summed E-state index contributed by atoms with van der Waals surface area (Å²) in [6, 6.07) is 10.5. The van der Waals surface area contributed by atoms with E-state index in [1.807, 2.05) is 49.8 Å². The molecule has 3 aromatic rings. The first-order valence-corrected chi connectivity index (χ1v) is 14.4. The van der Waals surface area contributed by atoms with Crippen LogP contribution in [0.5, 0.6) is 11.5 Å². The number of carbonyl (C=O) groups is 1. The fourth-order valence-corrected chi connectivity index (χ4v) is 6.72. The quantitative estimate of drug-likeness (QED) is 0.275. The van der Waals surface area contributed by atoms with Crippen molar-refractivity contribution in [3.05, 3.63) is 60.1 Å². The molecule has 210 valence electrons. The zero-order chi connectivity index (χ0) is 27.5. The molecule has 6 rings (SSSR count). The highest BCUT2D eigenvalue weighted by Gasteiger charge is 2.48. The lowest BCUT2D eigenvalue weighted by molar-refractivity contribution is -0.0336. The van der Waals surface area contributed by atoms with E-state index in [1.54, 1.807) is 6.20 Å². The fourth-order valence-electron chi connectivity index (χ4n) is 6.72. The monoisotopic (exact) mass is 541 g/mol. The molecule has 0 amide bonds. The molecule has 40 heavy (non-hydrogen) atoms. The highest BCUT2D eigenvalue weighted by atomic mass is 16.5. The van der Waals surface area contributed by atoms with E-state index in [9.17, 15) is 4.79 Å². The van der Waals surface area contributed by atoms with Gasteiger partial charge in [-0.3, -0.25) is 14.6 Å². The number of aromatic amines is 1. The largest absolute Gasteiger partial charge is 0.455 e. The Morgan fingerprint density at radius 1 is 1.15 bits per heavy atom. The molecule has 2 saturated heterocycles. The Hall–Kier alpha value is -3.69. The van der Waals surface area contributed by atoms with Crippen molar-refractivity contribution in [3.8, 4) is 11.5 Å². The number of nitrogens with zero attached hydrogens (tertiary/aromatic N) is 4. The minimum Gasteiger partial charge on any atom is -0.455 e. The average molecular weight is 542 g/mol. The van der Waals surface area contributed by atoms with Crippen LogP contribution in [-0.4, -0.2) is 91.2 Å². The van der Waals surface area contributed by atoms with E-state index in [-0.39, 0.29) is 0 Å². The standard InChI is InChI=1S/C31H39N7O2/c1-33-19-23(18-32)21-36-10-12-38(13-11-36)27-16-31(17-27)5-8-37(9-6-31)26-3-2-25(22-39)29(15-26)40-28-14-24-4-7-34-30(24)35-20-28/h2-4,7,14-15,18-20,22,27,32-33H,5-6,8-13,16-17,21H2,1H3,(H,34,35)/b23-19+,32-18?. The molecular formula is C31H39N7O2. The summed E-state index contributed by atoms with van der Waals surface area (Å²) in [5.74, 6) is 1.19. The molecule has 2 aliphatic heterocycles. The molecule has 9 nitrogen and oxygen atoms in total. The van der Waals surface area contributed by atoms with Gasteiger partial charge in [0, 0.05) is 94.7 Å². The highest BCUT2D eigenvalue weighted by Crippen LogP contribution is 2.51. The van der Waals surface area contributed by atoms with Gasteiger partial charge in [0.15, 0.2) is 6.29 Å².